The van der Waals surface area contributed by atoms with E-state index in [2.05, 4.69) is 20.8 Å². The van der Waals surface area contributed by atoms with E-state index in [0.29, 0.717) is 12.1 Å². The van der Waals surface area contributed by atoms with Crippen molar-refractivity contribution in [3.05, 3.63) is 28.7 Å². The molecule has 2 saturated heterocycles. The fourth-order valence-electron chi connectivity index (χ4n) is 3.35. The van der Waals surface area contributed by atoms with Gasteiger partial charge < -0.3 is 0 Å². The van der Waals surface area contributed by atoms with Crippen LogP contribution in [0.15, 0.2) is 28.7 Å². The Balaban J connectivity index is 1.76. The highest BCUT2D eigenvalue weighted by atomic mass is 79.9. The molecule has 0 N–H and O–H groups in total. The molecule has 22 heavy (non-hydrogen) atoms. The molecule has 2 fully saturated rings. The van der Waals surface area contributed by atoms with E-state index in [1.165, 1.54) is 24.2 Å². The van der Waals surface area contributed by atoms with Crippen molar-refractivity contribution in [3.8, 4) is 0 Å². The maximum absolute atomic E-state index is 12.8. The Hall–Kier alpha value is -1.20. The molecule has 0 spiro atoms. The first-order valence-electron chi connectivity index (χ1n) is 8.03. The smallest absolute Gasteiger partial charge is 0.251 e. The van der Waals surface area contributed by atoms with Gasteiger partial charge in [-0.25, -0.2) is 4.90 Å². The number of carbonyl (C=O) groups excluding carboxylic acids is 2. The Labute approximate surface area is 139 Å². The quantitative estimate of drug-likeness (QED) is 0.755. The van der Waals surface area contributed by atoms with Crippen LogP contribution < -0.4 is 4.90 Å². The molecule has 1 aromatic rings. The van der Waals surface area contributed by atoms with E-state index < -0.39 is 0 Å². The van der Waals surface area contributed by atoms with E-state index in [9.17, 15) is 9.59 Å². The Morgan fingerprint density at radius 3 is 2.14 bits per heavy atom. The van der Waals surface area contributed by atoms with E-state index in [4.69, 9.17) is 0 Å². The van der Waals surface area contributed by atoms with Crippen LogP contribution in [0.5, 0.6) is 0 Å². The fraction of sp³-hybridized carbons (Fsp3) is 0.529. The summed E-state index contributed by atoms with van der Waals surface area (Å²) in [6.07, 6.45) is 6.29. The number of nitrogens with zero attached hydrogens (tertiary/aromatic N) is 2. The number of imide groups is 1. The molecule has 2 amide bonds. The molecule has 0 saturated carbocycles. The lowest BCUT2D eigenvalue weighted by molar-refractivity contribution is -0.123. The van der Waals surface area contributed by atoms with Crippen LogP contribution in [-0.4, -0.2) is 35.8 Å². The largest absolute Gasteiger partial charge is 0.292 e. The lowest BCUT2D eigenvalue weighted by Gasteiger charge is -2.28. The summed E-state index contributed by atoms with van der Waals surface area (Å²) in [5, 5.41) is 0. The topological polar surface area (TPSA) is 40.6 Å². The van der Waals surface area contributed by atoms with Crippen molar-refractivity contribution < 1.29 is 9.59 Å². The Morgan fingerprint density at radius 2 is 1.50 bits per heavy atom. The van der Waals surface area contributed by atoms with E-state index in [1.54, 1.807) is 0 Å². The second kappa shape index (κ2) is 6.92. The molecule has 0 radical (unpaired) electrons. The van der Waals surface area contributed by atoms with Crippen LogP contribution in [-0.2, 0) is 9.59 Å². The number of hydrogen-bond acceptors (Lipinski definition) is 3. The molecule has 1 atom stereocenters. The van der Waals surface area contributed by atoms with Gasteiger partial charge in [0, 0.05) is 4.47 Å². The second-order valence-electron chi connectivity index (χ2n) is 6.07. The van der Waals surface area contributed by atoms with Crippen molar-refractivity contribution >= 4 is 33.4 Å². The average Bonchev–Trinajstić information content (AvgIpc) is 2.75. The normalized spacial score (nSPS) is 24.4. The van der Waals surface area contributed by atoms with Gasteiger partial charge in [-0.2, -0.15) is 0 Å². The summed E-state index contributed by atoms with van der Waals surface area (Å²) < 4.78 is 0.940. The van der Waals surface area contributed by atoms with Gasteiger partial charge in [0.05, 0.1) is 18.2 Å². The van der Waals surface area contributed by atoms with Crippen LogP contribution in [0.1, 0.15) is 38.5 Å². The number of rotatable bonds is 2. The van der Waals surface area contributed by atoms with E-state index in [1.807, 2.05) is 24.3 Å². The third-order valence-corrected chi connectivity index (χ3v) is 5.07. The van der Waals surface area contributed by atoms with Crippen molar-refractivity contribution in [1.82, 2.24) is 4.90 Å². The number of likely N-dealkylation sites (tertiary alicyclic amines) is 1. The van der Waals surface area contributed by atoms with Crippen LogP contribution >= 0.6 is 15.9 Å². The number of anilines is 1. The molecule has 0 aliphatic carbocycles. The van der Waals surface area contributed by atoms with Gasteiger partial charge in [-0.3, -0.25) is 14.5 Å². The van der Waals surface area contributed by atoms with Crippen molar-refractivity contribution in [1.29, 1.82) is 0 Å². The van der Waals surface area contributed by atoms with Gasteiger partial charge in [-0.15, -0.1) is 0 Å². The van der Waals surface area contributed by atoms with Crippen molar-refractivity contribution in [3.63, 3.8) is 0 Å². The molecule has 0 bridgehead atoms. The molecule has 118 valence electrons. The minimum Gasteiger partial charge on any atom is -0.292 e. The number of halogens is 1. The maximum atomic E-state index is 12.8. The Bertz CT molecular complexity index is 550. The zero-order valence-electron chi connectivity index (χ0n) is 12.6. The predicted molar refractivity (Wildman–Crippen MR) is 89.7 cm³/mol. The van der Waals surface area contributed by atoms with Gasteiger partial charge >= 0.3 is 0 Å². The Kier molecular flexibility index (Phi) is 4.93. The van der Waals surface area contributed by atoms with Crippen molar-refractivity contribution in [2.75, 3.05) is 18.0 Å². The summed E-state index contributed by atoms with van der Waals surface area (Å²) in [5.74, 6) is -0.146. The summed E-state index contributed by atoms with van der Waals surface area (Å²) in [5.41, 5.74) is 0.674. The molecule has 4 nitrogen and oxygen atoms in total. The van der Waals surface area contributed by atoms with Gasteiger partial charge in [-0.1, -0.05) is 35.2 Å². The number of benzene rings is 1. The highest BCUT2D eigenvalue weighted by molar-refractivity contribution is 9.10. The molecular formula is C17H21BrN2O2. The molecule has 0 aromatic heterocycles. The summed E-state index contributed by atoms with van der Waals surface area (Å²) in [6.45, 7) is 1.86. The SMILES string of the molecule is O=C1C[C@@H](N2CCCCCCC2)C(=O)N1c1ccc(Br)cc1. The molecule has 2 aliphatic heterocycles. The molecule has 0 unspecified atom stereocenters. The molecule has 3 rings (SSSR count). The number of hydrogen-bond donors (Lipinski definition) is 0. The third kappa shape index (κ3) is 3.25. The Morgan fingerprint density at radius 1 is 0.909 bits per heavy atom. The summed E-state index contributed by atoms with van der Waals surface area (Å²) in [4.78, 5) is 28.7. The highest BCUT2D eigenvalue weighted by Gasteiger charge is 2.42. The molecule has 2 aliphatic rings. The van der Waals surface area contributed by atoms with Crippen LogP contribution in [0, 0.1) is 0 Å². The number of amides is 2. The van der Waals surface area contributed by atoms with E-state index >= 15 is 0 Å². The summed E-state index contributed by atoms with van der Waals surface area (Å²) in [6, 6.07) is 7.08. The van der Waals surface area contributed by atoms with Gasteiger partial charge in [0.25, 0.3) is 5.91 Å². The standard InChI is InChI=1S/C17H21BrN2O2/c18-13-6-8-14(9-7-13)20-16(21)12-15(17(20)22)19-10-4-2-1-3-5-11-19/h6-9,15H,1-5,10-12H2/t15-/m1/s1. The molecule has 2 heterocycles. The minimum atomic E-state index is -0.269. The van der Waals surface area contributed by atoms with Crippen LogP contribution in [0.4, 0.5) is 5.69 Å². The zero-order chi connectivity index (χ0) is 15.5. The third-order valence-electron chi connectivity index (χ3n) is 4.54. The minimum absolute atomic E-state index is 0.0621. The zero-order valence-corrected chi connectivity index (χ0v) is 14.2. The average molecular weight is 365 g/mol. The van der Waals surface area contributed by atoms with Crippen LogP contribution in [0.25, 0.3) is 0 Å². The van der Waals surface area contributed by atoms with Crippen LogP contribution in [0.3, 0.4) is 0 Å². The van der Waals surface area contributed by atoms with Crippen LogP contribution in [0.2, 0.25) is 0 Å². The fourth-order valence-corrected chi connectivity index (χ4v) is 3.61. The molecule has 1 aromatic carbocycles. The van der Waals surface area contributed by atoms with Gasteiger partial charge in [-0.05, 0) is 50.2 Å². The molecular weight excluding hydrogens is 344 g/mol. The van der Waals surface area contributed by atoms with Gasteiger partial charge in [0.15, 0.2) is 0 Å². The van der Waals surface area contributed by atoms with E-state index in [-0.39, 0.29) is 17.9 Å². The lowest BCUT2D eigenvalue weighted by atomic mass is 10.1. The second-order valence-corrected chi connectivity index (χ2v) is 6.98. The lowest BCUT2D eigenvalue weighted by Crippen LogP contribution is -2.43. The van der Waals surface area contributed by atoms with Gasteiger partial charge in [0.2, 0.25) is 5.91 Å². The summed E-state index contributed by atoms with van der Waals surface area (Å²) >= 11 is 3.38. The summed E-state index contributed by atoms with van der Waals surface area (Å²) in [7, 11) is 0. The maximum Gasteiger partial charge on any atom is 0.251 e. The van der Waals surface area contributed by atoms with Gasteiger partial charge in [0.1, 0.15) is 0 Å². The molecule has 5 heteroatoms. The highest BCUT2D eigenvalue weighted by Crippen LogP contribution is 2.28. The first-order chi connectivity index (χ1) is 10.7. The monoisotopic (exact) mass is 364 g/mol. The number of carbonyl (C=O) groups is 2. The first kappa shape index (κ1) is 15.7. The first-order valence-corrected chi connectivity index (χ1v) is 8.82. The predicted octanol–water partition coefficient (Wildman–Crippen LogP) is 3.35. The van der Waals surface area contributed by atoms with Crippen molar-refractivity contribution in [2.45, 2.75) is 44.6 Å². The van der Waals surface area contributed by atoms with Crippen molar-refractivity contribution in [2.24, 2.45) is 0 Å². The van der Waals surface area contributed by atoms with E-state index in [0.717, 1.165) is 30.4 Å².